The molecule has 2 heteroatoms. The van der Waals surface area contributed by atoms with Crippen LogP contribution in [0.5, 0.6) is 0 Å². The van der Waals surface area contributed by atoms with Crippen molar-refractivity contribution in [2.45, 2.75) is 51.2 Å². The Morgan fingerprint density at radius 2 is 2.00 bits per heavy atom. The Hall–Kier alpha value is -0.860. The van der Waals surface area contributed by atoms with Crippen molar-refractivity contribution in [3.63, 3.8) is 0 Å². The summed E-state index contributed by atoms with van der Waals surface area (Å²) in [6, 6.07) is 10.7. The van der Waals surface area contributed by atoms with E-state index in [9.17, 15) is 5.11 Å². The number of aliphatic hydroxyl groups excluding tert-OH is 1. The van der Waals surface area contributed by atoms with Crippen molar-refractivity contribution in [2.24, 2.45) is 0 Å². The highest BCUT2D eigenvalue weighted by Crippen LogP contribution is 2.26. The number of hydrogen-bond donors (Lipinski definition) is 1. The van der Waals surface area contributed by atoms with Gasteiger partial charge in [-0.2, -0.15) is 0 Å². The molecule has 2 nitrogen and oxygen atoms in total. The number of β-amino-alcohol motifs (C(OH)–C–C–N with tert-alkyl or cyclic N) is 1. The maximum atomic E-state index is 10.1. The molecule has 1 aliphatic heterocycles. The lowest BCUT2D eigenvalue weighted by atomic mass is 10.1. The summed E-state index contributed by atoms with van der Waals surface area (Å²) in [5, 5.41) is 10.1. The van der Waals surface area contributed by atoms with Gasteiger partial charge in [0.1, 0.15) is 0 Å². The van der Waals surface area contributed by atoms with E-state index >= 15 is 0 Å². The van der Waals surface area contributed by atoms with Gasteiger partial charge in [-0.15, -0.1) is 0 Å². The molecule has 1 heterocycles. The Kier molecular flexibility index (Phi) is 5.21. The highest BCUT2D eigenvalue weighted by atomic mass is 16.3. The second-order valence-corrected chi connectivity index (χ2v) is 5.38. The van der Waals surface area contributed by atoms with Crippen LogP contribution in [0.15, 0.2) is 30.3 Å². The third-order valence-electron chi connectivity index (χ3n) is 3.81. The Balaban J connectivity index is 1.64. The van der Waals surface area contributed by atoms with E-state index in [1.807, 2.05) is 30.3 Å². The molecule has 0 saturated carbocycles. The number of aliphatic hydroxyl groups is 1. The number of benzene rings is 1. The molecule has 2 rings (SSSR count). The molecule has 1 aromatic rings. The molecule has 1 saturated heterocycles. The lowest BCUT2D eigenvalue weighted by Crippen LogP contribution is -2.13. The summed E-state index contributed by atoms with van der Waals surface area (Å²) in [6.07, 6.45) is 6.35. The molecule has 1 fully saturated rings. The minimum Gasteiger partial charge on any atom is -0.387 e. The Bertz CT molecular complexity index is 338. The van der Waals surface area contributed by atoms with E-state index in [1.54, 1.807) is 0 Å². The van der Waals surface area contributed by atoms with E-state index in [-0.39, 0.29) is 6.10 Å². The molecule has 1 aliphatic rings. The second-order valence-electron chi connectivity index (χ2n) is 5.38. The maximum Gasteiger partial charge on any atom is 0.0917 e. The van der Waals surface area contributed by atoms with Crippen molar-refractivity contribution in [3.8, 4) is 0 Å². The molecule has 0 aliphatic carbocycles. The number of unbranched alkanes of at least 4 members (excludes halogenated alkanes) is 3. The Morgan fingerprint density at radius 1 is 1.22 bits per heavy atom. The average molecular weight is 247 g/mol. The summed E-state index contributed by atoms with van der Waals surface area (Å²) in [7, 11) is 0. The zero-order valence-electron chi connectivity index (χ0n) is 11.4. The largest absolute Gasteiger partial charge is 0.387 e. The predicted octanol–water partition coefficient (Wildman–Crippen LogP) is 3.37. The van der Waals surface area contributed by atoms with Crippen LogP contribution in [0.25, 0.3) is 0 Å². The van der Waals surface area contributed by atoms with Gasteiger partial charge in [0.15, 0.2) is 0 Å². The van der Waals surface area contributed by atoms with Crippen molar-refractivity contribution in [3.05, 3.63) is 35.9 Å². The van der Waals surface area contributed by atoms with Crippen LogP contribution in [0.2, 0.25) is 0 Å². The fraction of sp³-hybridized carbons (Fsp3) is 0.625. The zero-order chi connectivity index (χ0) is 12.8. The van der Waals surface area contributed by atoms with Crippen molar-refractivity contribution in [1.29, 1.82) is 0 Å². The number of nitrogens with zero attached hydrogens (tertiary/aromatic N) is 1. The minimum atomic E-state index is -0.327. The van der Waals surface area contributed by atoms with Crippen LogP contribution in [-0.2, 0) is 0 Å². The number of rotatable bonds is 8. The van der Waals surface area contributed by atoms with Crippen LogP contribution in [0.4, 0.5) is 0 Å². The first-order chi connectivity index (χ1) is 8.81. The van der Waals surface area contributed by atoms with Crippen molar-refractivity contribution in [1.82, 2.24) is 4.90 Å². The fourth-order valence-corrected chi connectivity index (χ4v) is 2.53. The summed E-state index contributed by atoms with van der Waals surface area (Å²) in [6.45, 7) is 4.22. The van der Waals surface area contributed by atoms with Crippen LogP contribution in [-0.4, -0.2) is 29.1 Å². The normalized spacial score (nSPS) is 23.9. The van der Waals surface area contributed by atoms with Crippen LogP contribution < -0.4 is 0 Å². The molecule has 0 amide bonds. The first kappa shape index (κ1) is 13.6. The molecule has 3 atom stereocenters. The van der Waals surface area contributed by atoms with Gasteiger partial charge in [0, 0.05) is 19.1 Å². The van der Waals surface area contributed by atoms with Gasteiger partial charge in [-0.1, -0.05) is 62.9 Å². The molecule has 0 aromatic heterocycles. The summed E-state index contributed by atoms with van der Waals surface area (Å²) in [5.74, 6) is 0. The standard InChI is InChI=1S/C16H25NO/c1-2-3-4-8-11-15-12-17(15)13-16(18)14-9-6-5-7-10-14/h5-7,9-10,15-16,18H,2-4,8,11-13H2,1H3. The molecule has 0 bridgehead atoms. The van der Waals surface area contributed by atoms with E-state index in [0.29, 0.717) is 0 Å². The van der Waals surface area contributed by atoms with Gasteiger partial charge in [-0.05, 0) is 12.0 Å². The topological polar surface area (TPSA) is 23.2 Å². The van der Waals surface area contributed by atoms with Gasteiger partial charge in [0.2, 0.25) is 0 Å². The van der Waals surface area contributed by atoms with E-state index < -0.39 is 0 Å². The van der Waals surface area contributed by atoms with E-state index in [4.69, 9.17) is 0 Å². The molecule has 1 aromatic carbocycles. The molecule has 18 heavy (non-hydrogen) atoms. The Morgan fingerprint density at radius 3 is 2.72 bits per heavy atom. The average Bonchev–Trinajstić information content (AvgIpc) is 3.14. The van der Waals surface area contributed by atoms with Crippen molar-refractivity contribution in [2.75, 3.05) is 13.1 Å². The third-order valence-corrected chi connectivity index (χ3v) is 3.81. The van der Waals surface area contributed by atoms with Gasteiger partial charge in [0.05, 0.1) is 6.10 Å². The van der Waals surface area contributed by atoms with Crippen LogP contribution in [0, 0.1) is 0 Å². The quantitative estimate of drug-likeness (QED) is 0.562. The highest BCUT2D eigenvalue weighted by molar-refractivity contribution is 5.18. The molecular formula is C16H25NO. The summed E-state index contributed by atoms with van der Waals surface area (Å²) < 4.78 is 0. The molecule has 0 radical (unpaired) electrons. The summed E-state index contributed by atoms with van der Waals surface area (Å²) in [4.78, 5) is 2.39. The fourth-order valence-electron chi connectivity index (χ4n) is 2.53. The summed E-state index contributed by atoms with van der Waals surface area (Å²) in [5.41, 5.74) is 1.04. The lowest BCUT2D eigenvalue weighted by Gasteiger charge is -2.12. The van der Waals surface area contributed by atoms with Crippen LogP contribution in [0.1, 0.15) is 50.7 Å². The molecule has 3 unspecified atom stereocenters. The van der Waals surface area contributed by atoms with Crippen LogP contribution in [0.3, 0.4) is 0 Å². The molecule has 1 N–H and O–H groups in total. The van der Waals surface area contributed by atoms with Gasteiger partial charge in [-0.3, -0.25) is 4.90 Å². The van der Waals surface area contributed by atoms with Gasteiger partial charge >= 0.3 is 0 Å². The molecule has 100 valence electrons. The first-order valence-electron chi connectivity index (χ1n) is 7.28. The zero-order valence-corrected chi connectivity index (χ0v) is 11.4. The maximum absolute atomic E-state index is 10.1. The van der Waals surface area contributed by atoms with Crippen molar-refractivity contribution >= 4 is 0 Å². The molecular weight excluding hydrogens is 222 g/mol. The minimum absolute atomic E-state index is 0.327. The molecule has 0 spiro atoms. The SMILES string of the molecule is CCCCCCC1CN1CC(O)c1ccccc1. The predicted molar refractivity (Wildman–Crippen MR) is 75.5 cm³/mol. The van der Waals surface area contributed by atoms with Crippen molar-refractivity contribution < 1.29 is 5.11 Å². The number of hydrogen-bond acceptors (Lipinski definition) is 2. The lowest BCUT2D eigenvalue weighted by molar-refractivity contribution is 0.152. The van der Waals surface area contributed by atoms with Gasteiger partial charge < -0.3 is 5.11 Å². The highest BCUT2D eigenvalue weighted by Gasteiger charge is 2.34. The van der Waals surface area contributed by atoms with Gasteiger partial charge in [-0.25, -0.2) is 0 Å². The summed E-state index contributed by atoms with van der Waals surface area (Å²) >= 11 is 0. The van der Waals surface area contributed by atoms with E-state index in [0.717, 1.165) is 18.2 Å². The smallest absolute Gasteiger partial charge is 0.0917 e. The van der Waals surface area contributed by atoms with E-state index in [1.165, 1.54) is 38.6 Å². The first-order valence-corrected chi connectivity index (χ1v) is 7.28. The van der Waals surface area contributed by atoms with E-state index in [2.05, 4.69) is 11.8 Å². The second kappa shape index (κ2) is 6.91. The van der Waals surface area contributed by atoms with Gasteiger partial charge in [0.25, 0.3) is 0 Å². The van der Waals surface area contributed by atoms with Crippen LogP contribution >= 0.6 is 0 Å². The Labute approximate surface area is 111 Å². The third kappa shape index (κ3) is 4.11. The monoisotopic (exact) mass is 247 g/mol.